The van der Waals surface area contributed by atoms with Crippen molar-refractivity contribution in [1.82, 2.24) is 0 Å². The van der Waals surface area contributed by atoms with E-state index in [1.807, 2.05) is 6.07 Å². The van der Waals surface area contributed by atoms with Crippen molar-refractivity contribution >= 4 is 23.2 Å². The third-order valence-corrected chi connectivity index (χ3v) is 3.26. The maximum absolute atomic E-state index is 9.96. The predicted octanol–water partition coefficient (Wildman–Crippen LogP) is 3.73. The largest absolute Gasteiger partial charge is 0.472 e. The van der Waals surface area contributed by atoms with Crippen LogP contribution >= 0.6 is 23.2 Å². The molecule has 2 aromatic rings. The average molecular weight is 271 g/mol. The minimum Gasteiger partial charge on any atom is -0.472 e. The molecule has 1 aromatic carbocycles. The number of rotatable bonds is 4. The van der Waals surface area contributed by atoms with E-state index in [4.69, 9.17) is 27.6 Å². The van der Waals surface area contributed by atoms with Crippen LogP contribution < -0.4 is 0 Å². The molecule has 17 heavy (non-hydrogen) atoms. The minimum absolute atomic E-state index is 0.434. The van der Waals surface area contributed by atoms with Crippen LogP contribution in [0, 0.1) is 0 Å². The lowest BCUT2D eigenvalue weighted by molar-refractivity contribution is 0.175. The number of hydrogen-bond acceptors (Lipinski definition) is 2. The number of aliphatic hydroxyl groups is 1. The molecule has 1 heterocycles. The van der Waals surface area contributed by atoms with Crippen LogP contribution in [0.2, 0.25) is 10.0 Å². The standard InChI is InChI=1S/C13H12Cl2O2/c14-12-2-1-3-13(15)11(12)7-10(16)6-9-4-5-17-8-9/h1-5,8,10,16H,6-7H2. The second kappa shape index (κ2) is 5.58. The quantitative estimate of drug-likeness (QED) is 0.919. The van der Waals surface area contributed by atoms with Gasteiger partial charge in [0, 0.05) is 22.9 Å². The lowest BCUT2D eigenvalue weighted by Crippen LogP contribution is -2.14. The molecule has 0 aliphatic rings. The fourth-order valence-corrected chi connectivity index (χ4v) is 2.27. The molecule has 2 rings (SSSR count). The predicted molar refractivity (Wildman–Crippen MR) is 68.6 cm³/mol. The summed E-state index contributed by atoms with van der Waals surface area (Å²) in [6, 6.07) is 7.16. The van der Waals surface area contributed by atoms with E-state index in [1.54, 1.807) is 30.7 Å². The first-order valence-electron chi connectivity index (χ1n) is 5.29. The van der Waals surface area contributed by atoms with Gasteiger partial charge in [-0.2, -0.15) is 0 Å². The second-order valence-electron chi connectivity index (χ2n) is 3.89. The Balaban J connectivity index is 2.05. The van der Waals surface area contributed by atoms with Crippen LogP contribution in [0.1, 0.15) is 11.1 Å². The highest BCUT2D eigenvalue weighted by molar-refractivity contribution is 6.35. The Morgan fingerprint density at radius 2 is 1.82 bits per heavy atom. The van der Waals surface area contributed by atoms with Crippen molar-refractivity contribution in [3.63, 3.8) is 0 Å². The Kier molecular flexibility index (Phi) is 4.11. The van der Waals surface area contributed by atoms with Crippen LogP contribution in [-0.2, 0) is 12.8 Å². The van der Waals surface area contributed by atoms with Gasteiger partial charge in [0.15, 0.2) is 0 Å². The SMILES string of the molecule is OC(Cc1ccoc1)Cc1c(Cl)cccc1Cl. The smallest absolute Gasteiger partial charge is 0.0935 e. The summed E-state index contributed by atoms with van der Waals surface area (Å²) in [7, 11) is 0. The van der Waals surface area contributed by atoms with Crippen LogP contribution in [0.4, 0.5) is 0 Å². The lowest BCUT2D eigenvalue weighted by Gasteiger charge is -2.12. The molecule has 0 spiro atoms. The van der Waals surface area contributed by atoms with Crippen molar-refractivity contribution in [1.29, 1.82) is 0 Å². The zero-order chi connectivity index (χ0) is 12.3. The summed E-state index contributed by atoms with van der Waals surface area (Å²) in [5, 5.41) is 11.1. The summed E-state index contributed by atoms with van der Waals surface area (Å²) in [5.41, 5.74) is 1.74. The van der Waals surface area contributed by atoms with Gasteiger partial charge in [0.2, 0.25) is 0 Å². The summed E-state index contributed by atoms with van der Waals surface area (Å²) >= 11 is 12.1. The van der Waals surface area contributed by atoms with Crippen molar-refractivity contribution < 1.29 is 9.52 Å². The van der Waals surface area contributed by atoms with E-state index in [0.717, 1.165) is 11.1 Å². The number of aliphatic hydroxyl groups excluding tert-OH is 1. The molecule has 1 unspecified atom stereocenters. The molecule has 0 saturated heterocycles. The van der Waals surface area contributed by atoms with Crippen LogP contribution in [0.5, 0.6) is 0 Å². The van der Waals surface area contributed by atoms with E-state index in [1.165, 1.54) is 0 Å². The highest BCUT2D eigenvalue weighted by Crippen LogP contribution is 2.26. The van der Waals surface area contributed by atoms with Gasteiger partial charge in [-0.1, -0.05) is 29.3 Å². The van der Waals surface area contributed by atoms with E-state index >= 15 is 0 Å². The maximum Gasteiger partial charge on any atom is 0.0935 e. The molecular formula is C13H12Cl2O2. The van der Waals surface area contributed by atoms with Crippen LogP contribution in [0.3, 0.4) is 0 Å². The van der Waals surface area contributed by atoms with Gasteiger partial charge in [-0.25, -0.2) is 0 Å². The summed E-state index contributed by atoms with van der Waals surface area (Å²) in [6.07, 6.45) is 3.65. The average Bonchev–Trinajstić information content (AvgIpc) is 2.76. The van der Waals surface area contributed by atoms with Crippen LogP contribution in [0.15, 0.2) is 41.2 Å². The Morgan fingerprint density at radius 3 is 2.41 bits per heavy atom. The van der Waals surface area contributed by atoms with Gasteiger partial charge in [-0.15, -0.1) is 0 Å². The molecule has 0 amide bonds. The fraction of sp³-hybridized carbons (Fsp3) is 0.231. The van der Waals surface area contributed by atoms with E-state index < -0.39 is 6.10 Å². The zero-order valence-electron chi connectivity index (χ0n) is 9.07. The van der Waals surface area contributed by atoms with E-state index in [-0.39, 0.29) is 0 Å². The highest BCUT2D eigenvalue weighted by Gasteiger charge is 2.12. The normalized spacial score (nSPS) is 12.6. The van der Waals surface area contributed by atoms with Crippen LogP contribution in [0.25, 0.3) is 0 Å². The molecule has 0 saturated carbocycles. The lowest BCUT2D eigenvalue weighted by atomic mass is 10.0. The second-order valence-corrected chi connectivity index (χ2v) is 4.71. The number of hydrogen-bond donors (Lipinski definition) is 1. The zero-order valence-corrected chi connectivity index (χ0v) is 10.6. The van der Waals surface area contributed by atoms with Gasteiger partial charge in [0.1, 0.15) is 0 Å². The molecule has 1 N–H and O–H groups in total. The van der Waals surface area contributed by atoms with Crippen LogP contribution in [-0.4, -0.2) is 11.2 Å². The third kappa shape index (κ3) is 3.25. The van der Waals surface area contributed by atoms with Gasteiger partial charge in [0.25, 0.3) is 0 Å². The number of furan rings is 1. The Labute approximate surface area is 110 Å². The summed E-state index contributed by atoms with van der Waals surface area (Å²) in [4.78, 5) is 0. The molecule has 0 aliphatic carbocycles. The van der Waals surface area contributed by atoms with Crippen molar-refractivity contribution in [2.75, 3.05) is 0 Å². The minimum atomic E-state index is -0.523. The number of halogens is 2. The van der Waals surface area contributed by atoms with Crippen molar-refractivity contribution in [2.45, 2.75) is 18.9 Å². The fourth-order valence-electron chi connectivity index (χ4n) is 1.72. The van der Waals surface area contributed by atoms with Crippen molar-refractivity contribution in [2.24, 2.45) is 0 Å². The molecular weight excluding hydrogens is 259 g/mol. The molecule has 1 aromatic heterocycles. The van der Waals surface area contributed by atoms with E-state index in [2.05, 4.69) is 0 Å². The number of benzene rings is 1. The Morgan fingerprint density at radius 1 is 1.12 bits per heavy atom. The third-order valence-electron chi connectivity index (χ3n) is 2.55. The first-order chi connectivity index (χ1) is 8.16. The summed E-state index contributed by atoms with van der Waals surface area (Å²) in [6.45, 7) is 0. The molecule has 4 heteroatoms. The molecule has 0 fully saturated rings. The van der Waals surface area contributed by atoms with Gasteiger partial charge in [-0.05, 0) is 29.3 Å². The van der Waals surface area contributed by atoms with Crippen molar-refractivity contribution in [3.05, 3.63) is 58.0 Å². The van der Waals surface area contributed by atoms with Gasteiger partial charge in [0.05, 0.1) is 18.6 Å². The Bertz CT molecular complexity index is 460. The molecule has 90 valence electrons. The topological polar surface area (TPSA) is 33.4 Å². The van der Waals surface area contributed by atoms with E-state index in [9.17, 15) is 5.11 Å². The maximum atomic E-state index is 9.96. The molecule has 0 bridgehead atoms. The Hall–Kier alpha value is -0.960. The van der Waals surface area contributed by atoms with Gasteiger partial charge < -0.3 is 9.52 Å². The highest BCUT2D eigenvalue weighted by atomic mass is 35.5. The van der Waals surface area contributed by atoms with E-state index in [0.29, 0.717) is 22.9 Å². The van der Waals surface area contributed by atoms with Gasteiger partial charge >= 0.3 is 0 Å². The molecule has 2 nitrogen and oxygen atoms in total. The van der Waals surface area contributed by atoms with Gasteiger partial charge in [-0.3, -0.25) is 0 Å². The molecule has 1 atom stereocenters. The summed E-state index contributed by atoms with van der Waals surface area (Å²) in [5.74, 6) is 0. The molecule has 0 aliphatic heterocycles. The van der Waals surface area contributed by atoms with Crippen molar-refractivity contribution in [3.8, 4) is 0 Å². The summed E-state index contributed by atoms with van der Waals surface area (Å²) < 4.78 is 4.95. The first-order valence-corrected chi connectivity index (χ1v) is 6.04. The monoisotopic (exact) mass is 270 g/mol. The first kappa shape index (κ1) is 12.5. The molecule has 0 radical (unpaired) electrons.